The highest BCUT2D eigenvalue weighted by Crippen LogP contribution is 2.22. The highest BCUT2D eigenvalue weighted by Gasteiger charge is 2.16. The van der Waals surface area contributed by atoms with Crippen LogP contribution in [0, 0.1) is 5.82 Å². The summed E-state index contributed by atoms with van der Waals surface area (Å²) in [7, 11) is 0. The van der Waals surface area contributed by atoms with Crippen LogP contribution in [0.15, 0.2) is 24.3 Å². The quantitative estimate of drug-likeness (QED) is 0.775. The molecule has 0 aliphatic heterocycles. The van der Waals surface area contributed by atoms with Crippen LogP contribution >= 0.6 is 0 Å². The lowest BCUT2D eigenvalue weighted by atomic mass is 9.90. The minimum Gasteiger partial charge on any atom is -0.314 e. The second-order valence-electron chi connectivity index (χ2n) is 4.29. The van der Waals surface area contributed by atoms with E-state index in [1.165, 1.54) is 12.0 Å². The molecular weight excluding hydrogens is 201 g/mol. The summed E-state index contributed by atoms with van der Waals surface area (Å²) in [4.78, 5) is 0. The summed E-state index contributed by atoms with van der Waals surface area (Å²) < 4.78 is 12.8. The Bertz CT molecular complexity index is 288. The van der Waals surface area contributed by atoms with Gasteiger partial charge in [-0.2, -0.15) is 0 Å². The molecule has 0 spiro atoms. The van der Waals surface area contributed by atoms with Crippen LogP contribution in [0.1, 0.15) is 45.1 Å². The maximum atomic E-state index is 12.8. The molecule has 0 bridgehead atoms. The number of likely N-dealkylation sites (N-methyl/N-ethyl adjacent to an activating group) is 1. The van der Waals surface area contributed by atoms with Gasteiger partial charge in [0.05, 0.1) is 0 Å². The molecule has 0 saturated heterocycles. The van der Waals surface area contributed by atoms with E-state index in [9.17, 15) is 4.39 Å². The van der Waals surface area contributed by atoms with Crippen LogP contribution in [-0.2, 0) is 0 Å². The van der Waals surface area contributed by atoms with E-state index in [4.69, 9.17) is 0 Å². The molecule has 0 heterocycles. The molecule has 0 radical (unpaired) electrons. The van der Waals surface area contributed by atoms with E-state index >= 15 is 0 Å². The van der Waals surface area contributed by atoms with Crippen LogP contribution in [0.3, 0.4) is 0 Å². The SMILES string of the molecule is CCCC(NCC)C(C)c1ccc(F)cc1. The molecule has 2 unspecified atom stereocenters. The van der Waals surface area contributed by atoms with Gasteiger partial charge in [-0.25, -0.2) is 4.39 Å². The van der Waals surface area contributed by atoms with E-state index in [0.29, 0.717) is 12.0 Å². The summed E-state index contributed by atoms with van der Waals surface area (Å²) in [5.74, 6) is 0.270. The molecule has 1 rings (SSSR count). The lowest BCUT2D eigenvalue weighted by Crippen LogP contribution is -2.33. The topological polar surface area (TPSA) is 12.0 Å². The molecule has 2 atom stereocenters. The van der Waals surface area contributed by atoms with Crippen molar-refractivity contribution in [3.8, 4) is 0 Å². The van der Waals surface area contributed by atoms with E-state index in [2.05, 4.69) is 26.1 Å². The smallest absolute Gasteiger partial charge is 0.123 e. The van der Waals surface area contributed by atoms with Gasteiger partial charge >= 0.3 is 0 Å². The Morgan fingerprint density at radius 3 is 2.31 bits per heavy atom. The Kier molecular flexibility index (Phi) is 5.47. The fourth-order valence-electron chi connectivity index (χ4n) is 2.10. The number of halogens is 1. The zero-order valence-corrected chi connectivity index (χ0v) is 10.5. The lowest BCUT2D eigenvalue weighted by Gasteiger charge is -2.24. The van der Waals surface area contributed by atoms with Gasteiger partial charge in [0.2, 0.25) is 0 Å². The fraction of sp³-hybridized carbons (Fsp3) is 0.571. The summed E-state index contributed by atoms with van der Waals surface area (Å²) in [6, 6.07) is 7.35. The van der Waals surface area contributed by atoms with Crippen LogP contribution in [0.4, 0.5) is 4.39 Å². The first-order chi connectivity index (χ1) is 7.69. The highest BCUT2D eigenvalue weighted by atomic mass is 19.1. The van der Waals surface area contributed by atoms with Gasteiger partial charge in [-0.1, -0.05) is 39.3 Å². The minimum atomic E-state index is -0.161. The molecule has 1 nitrogen and oxygen atoms in total. The second-order valence-corrected chi connectivity index (χ2v) is 4.29. The van der Waals surface area contributed by atoms with Crippen molar-refractivity contribution in [2.24, 2.45) is 0 Å². The molecule has 0 amide bonds. The Morgan fingerprint density at radius 1 is 1.19 bits per heavy atom. The van der Waals surface area contributed by atoms with E-state index < -0.39 is 0 Å². The van der Waals surface area contributed by atoms with Gasteiger partial charge in [0.15, 0.2) is 0 Å². The zero-order valence-electron chi connectivity index (χ0n) is 10.5. The van der Waals surface area contributed by atoms with Crippen molar-refractivity contribution in [3.63, 3.8) is 0 Å². The maximum Gasteiger partial charge on any atom is 0.123 e. The van der Waals surface area contributed by atoms with Gasteiger partial charge in [-0.15, -0.1) is 0 Å². The molecule has 1 aromatic rings. The van der Waals surface area contributed by atoms with Gasteiger partial charge < -0.3 is 5.32 Å². The number of hydrogen-bond donors (Lipinski definition) is 1. The van der Waals surface area contributed by atoms with Crippen molar-refractivity contribution in [2.45, 2.75) is 45.6 Å². The number of nitrogens with one attached hydrogen (secondary N) is 1. The van der Waals surface area contributed by atoms with Gasteiger partial charge in [0, 0.05) is 6.04 Å². The van der Waals surface area contributed by atoms with Crippen molar-refractivity contribution in [1.82, 2.24) is 5.32 Å². The van der Waals surface area contributed by atoms with Crippen LogP contribution in [0.2, 0.25) is 0 Å². The summed E-state index contributed by atoms with van der Waals surface area (Å²) in [6.45, 7) is 7.51. The van der Waals surface area contributed by atoms with Crippen molar-refractivity contribution in [2.75, 3.05) is 6.54 Å². The Morgan fingerprint density at radius 2 is 1.81 bits per heavy atom. The van der Waals surface area contributed by atoms with Crippen molar-refractivity contribution < 1.29 is 4.39 Å². The zero-order chi connectivity index (χ0) is 12.0. The summed E-state index contributed by atoms with van der Waals surface area (Å²) in [5.41, 5.74) is 1.21. The van der Waals surface area contributed by atoms with Crippen LogP contribution in [0.25, 0.3) is 0 Å². The van der Waals surface area contributed by atoms with Crippen LogP contribution in [0.5, 0.6) is 0 Å². The fourth-order valence-corrected chi connectivity index (χ4v) is 2.10. The van der Waals surface area contributed by atoms with Crippen molar-refractivity contribution >= 4 is 0 Å². The number of hydrogen-bond acceptors (Lipinski definition) is 1. The molecule has 1 aromatic carbocycles. The first-order valence-corrected chi connectivity index (χ1v) is 6.17. The average Bonchev–Trinajstić information content (AvgIpc) is 2.29. The molecular formula is C14H22FN. The van der Waals surface area contributed by atoms with E-state index in [1.807, 2.05) is 12.1 Å². The van der Waals surface area contributed by atoms with Crippen LogP contribution in [-0.4, -0.2) is 12.6 Å². The summed E-state index contributed by atoms with van der Waals surface area (Å²) in [6.07, 6.45) is 2.33. The largest absolute Gasteiger partial charge is 0.314 e. The van der Waals surface area contributed by atoms with E-state index in [-0.39, 0.29) is 5.82 Å². The molecule has 2 heteroatoms. The Hall–Kier alpha value is -0.890. The minimum absolute atomic E-state index is 0.161. The van der Waals surface area contributed by atoms with E-state index in [1.54, 1.807) is 12.1 Å². The third-order valence-electron chi connectivity index (χ3n) is 3.07. The molecule has 0 fully saturated rings. The molecule has 0 aliphatic rings. The normalized spacial score (nSPS) is 14.8. The Balaban J connectivity index is 2.72. The predicted molar refractivity (Wildman–Crippen MR) is 67.2 cm³/mol. The summed E-state index contributed by atoms with van der Waals surface area (Å²) >= 11 is 0. The monoisotopic (exact) mass is 223 g/mol. The van der Waals surface area contributed by atoms with Crippen molar-refractivity contribution in [1.29, 1.82) is 0 Å². The van der Waals surface area contributed by atoms with Gasteiger partial charge in [-0.05, 0) is 36.6 Å². The Labute approximate surface area is 98.1 Å². The number of rotatable bonds is 6. The molecule has 0 aromatic heterocycles. The highest BCUT2D eigenvalue weighted by molar-refractivity contribution is 5.21. The standard InChI is InChI=1S/C14H22FN/c1-4-6-14(16-5-2)11(3)12-7-9-13(15)10-8-12/h7-11,14,16H,4-6H2,1-3H3. The molecule has 1 N–H and O–H groups in total. The first-order valence-electron chi connectivity index (χ1n) is 6.17. The van der Waals surface area contributed by atoms with Crippen molar-refractivity contribution in [3.05, 3.63) is 35.6 Å². The maximum absolute atomic E-state index is 12.8. The predicted octanol–water partition coefficient (Wildman–Crippen LogP) is 3.71. The molecule has 90 valence electrons. The molecule has 0 saturated carbocycles. The molecule has 0 aliphatic carbocycles. The lowest BCUT2D eigenvalue weighted by molar-refractivity contribution is 0.429. The van der Waals surface area contributed by atoms with Crippen LogP contribution < -0.4 is 5.32 Å². The average molecular weight is 223 g/mol. The van der Waals surface area contributed by atoms with Gasteiger partial charge in [-0.3, -0.25) is 0 Å². The van der Waals surface area contributed by atoms with Gasteiger partial charge in [0.25, 0.3) is 0 Å². The van der Waals surface area contributed by atoms with E-state index in [0.717, 1.165) is 13.0 Å². The first kappa shape index (κ1) is 13.2. The molecule has 16 heavy (non-hydrogen) atoms. The number of benzene rings is 1. The van der Waals surface area contributed by atoms with Gasteiger partial charge in [0.1, 0.15) is 5.82 Å². The third kappa shape index (κ3) is 3.60. The summed E-state index contributed by atoms with van der Waals surface area (Å²) in [5, 5.41) is 3.50. The second kappa shape index (κ2) is 6.64. The third-order valence-corrected chi connectivity index (χ3v) is 3.07.